The summed E-state index contributed by atoms with van der Waals surface area (Å²) in [6, 6.07) is 12.5. The molecule has 2 aliphatic rings. The standard InChI is InChI=1S/C26H25F3N4O2/c1-17-8-10-20(11-9-17)33-22-7-3-6-21(22)23(30-33)25(35)32-14-12-31(13-15-32)24(34)18-4-2-5-19(16-18)26(27,28)29/h2,4-5,8-11,16H,3,6-7,12-15H2,1H3. The number of nitrogens with zero attached hydrogens (tertiary/aromatic N) is 4. The summed E-state index contributed by atoms with van der Waals surface area (Å²) in [5.41, 5.74) is 3.71. The van der Waals surface area contributed by atoms with Crippen LogP contribution in [0.1, 0.15) is 49.7 Å². The zero-order chi connectivity index (χ0) is 24.7. The molecule has 35 heavy (non-hydrogen) atoms. The first-order chi connectivity index (χ1) is 16.7. The molecule has 0 saturated carbocycles. The van der Waals surface area contributed by atoms with Gasteiger partial charge in [-0.25, -0.2) is 4.68 Å². The van der Waals surface area contributed by atoms with Gasteiger partial charge < -0.3 is 9.80 Å². The van der Waals surface area contributed by atoms with Crippen molar-refractivity contribution in [2.75, 3.05) is 26.2 Å². The number of amides is 2. The van der Waals surface area contributed by atoms with Gasteiger partial charge in [-0.1, -0.05) is 23.8 Å². The lowest BCUT2D eigenvalue weighted by Crippen LogP contribution is -2.50. The molecule has 2 aromatic carbocycles. The molecule has 0 radical (unpaired) electrons. The Morgan fingerprint density at radius 3 is 2.20 bits per heavy atom. The molecule has 0 unspecified atom stereocenters. The number of rotatable bonds is 3. The number of piperazine rings is 1. The molecule has 3 aromatic rings. The van der Waals surface area contributed by atoms with E-state index in [0.717, 1.165) is 53.9 Å². The average Bonchev–Trinajstić information content (AvgIpc) is 3.47. The molecular weight excluding hydrogens is 457 g/mol. The van der Waals surface area contributed by atoms with Crippen molar-refractivity contribution in [3.05, 3.63) is 82.2 Å². The van der Waals surface area contributed by atoms with E-state index in [2.05, 4.69) is 5.10 Å². The molecule has 1 aliphatic heterocycles. The van der Waals surface area contributed by atoms with E-state index < -0.39 is 17.6 Å². The van der Waals surface area contributed by atoms with Crippen LogP contribution in [0, 0.1) is 6.92 Å². The van der Waals surface area contributed by atoms with Crippen LogP contribution in [0.25, 0.3) is 5.69 Å². The molecule has 2 heterocycles. The molecule has 5 rings (SSSR count). The second-order valence-corrected chi connectivity index (χ2v) is 9.04. The number of halogens is 3. The van der Waals surface area contributed by atoms with Crippen LogP contribution in [0.4, 0.5) is 13.2 Å². The van der Waals surface area contributed by atoms with E-state index in [-0.39, 0.29) is 24.6 Å². The SMILES string of the molecule is Cc1ccc(-n2nc(C(=O)N3CCN(C(=O)c4cccc(C(F)(F)F)c4)CC3)c3c2CCC3)cc1. The number of fused-ring (bicyclic) bond motifs is 1. The molecule has 2 amide bonds. The zero-order valence-electron chi connectivity index (χ0n) is 19.3. The van der Waals surface area contributed by atoms with E-state index >= 15 is 0 Å². The second kappa shape index (κ2) is 8.87. The number of benzene rings is 2. The Hall–Kier alpha value is -3.62. The first kappa shape index (κ1) is 23.1. The minimum Gasteiger partial charge on any atom is -0.335 e. The Labute approximate surface area is 200 Å². The lowest BCUT2D eigenvalue weighted by molar-refractivity contribution is -0.137. The number of aryl methyl sites for hydroxylation is 1. The van der Waals surface area contributed by atoms with Crippen LogP contribution in [0.15, 0.2) is 48.5 Å². The average molecular weight is 483 g/mol. The lowest BCUT2D eigenvalue weighted by Gasteiger charge is -2.34. The van der Waals surface area contributed by atoms with E-state index in [9.17, 15) is 22.8 Å². The molecule has 9 heteroatoms. The summed E-state index contributed by atoms with van der Waals surface area (Å²) in [4.78, 5) is 29.4. The molecule has 1 fully saturated rings. The Balaban J connectivity index is 1.30. The van der Waals surface area contributed by atoms with Gasteiger partial charge in [-0.05, 0) is 56.5 Å². The quantitative estimate of drug-likeness (QED) is 0.560. The zero-order valence-corrected chi connectivity index (χ0v) is 19.3. The summed E-state index contributed by atoms with van der Waals surface area (Å²) in [6.45, 7) is 3.12. The van der Waals surface area contributed by atoms with Gasteiger partial charge in [0.2, 0.25) is 0 Å². The van der Waals surface area contributed by atoms with Gasteiger partial charge in [-0.3, -0.25) is 9.59 Å². The molecule has 0 bridgehead atoms. The van der Waals surface area contributed by atoms with Gasteiger partial charge >= 0.3 is 6.18 Å². The van der Waals surface area contributed by atoms with Gasteiger partial charge in [0, 0.05) is 43.0 Å². The van der Waals surface area contributed by atoms with Crippen LogP contribution >= 0.6 is 0 Å². The van der Waals surface area contributed by atoms with Crippen molar-refractivity contribution >= 4 is 11.8 Å². The third-order valence-corrected chi connectivity index (χ3v) is 6.70. The van der Waals surface area contributed by atoms with E-state index in [1.54, 1.807) is 4.90 Å². The van der Waals surface area contributed by atoms with Gasteiger partial charge in [0.1, 0.15) is 0 Å². The number of hydrogen-bond donors (Lipinski definition) is 0. The fourth-order valence-electron chi connectivity index (χ4n) is 4.78. The van der Waals surface area contributed by atoms with Gasteiger partial charge in [0.25, 0.3) is 11.8 Å². The Kier molecular flexibility index (Phi) is 5.86. The van der Waals surface area contributed by atoms with Gasteiger partial charge in [-0.15, -0.1) is 0 Å². The highest BCUT2D eigenvalue weighted by atomic mass is 19.4. The second-order valence-electron chi connectivity index (χ2n) is 9.04. The Morgan fingerprint density at radius 2 is 1.54 bits per heavy atom. The Bertz CT molecular complexity index is 1270. The van der Waals surface area contributed by atoms with Crippen LogP contribution in [0.3, 0.4) is 0 Å². The molecule has 0 spiro atoms. The van der Waals surface area contributed by atoms with E-state index in [1.165, 1.54) is 17.0 Å². The maximum absolute atomic E-state index is 13.4. The van der Waals surface area contributed by atoms with Gasteiger partial charge in [0.15, 0.2) is 5.69 Å². The first-order valence-electron chi connectivity index (χ1n) is 11.7. The number of carbonyl (C=O) groups is 2. The van der Waals surface area contributed by atoms with Crippen molar-refractivity contribution in [1.29, 1.82) is 0 Å². The molecule has 1 aliphatic carbocycles. The normalized spacial score (nSPS) is 15.9. The summed E-state index contributed by atoms with van der Waals surface area (Å²) in [5.74, 6) is -0.632. The molecule has 1 aromatic heterocycles. The summed E-state index contributed by atoms with van der Waals surface area (Å²) < 4.78 is 40.9. The fourth-order valence-corrected chi connectivity index (χ4v) is 4.78. The topological polar surface area (TPSA) is 58.4 Å². The summed E-state index contributed by atoms with van der Waals surface area (Å²) in [6.07, 6.45) is -1.87. The minimum atomic E-state index is -4.51. The third-order valence-electron chi connectivity index (χ3n) is 6.70. The summed E-state index contributed by atoms with van der Waals surface area (Å²) in [5, 5.41) is 4.68. The van der Waals surface area contributed by atoms with E-state index in [4.69, 9.17) is 0 Å². The first-order valence-corrected chi connectivity index (χ1v) is 11.7. The Morgan fingerprint density at radius 1 is 0.886 bits per heavy atom. The highest BCUT2D eigenvalue weighted by molar-refractivity contribution is 5.96. The highest BCUT2D eigenvalue weighted by Gasteiger charge is 2.34. The highest BCUT2D eigenvalue weighted by Crippen LogP contribution is 2.31. The summed E-state index contributed by atoms with van der Waals surface area (Å²) in [7, 11) is 0. The van der Waals surface area contributed by atoms with Crippen molar-refractivity contribution in [1.82, 2.24) is 19.6 Å². The molecular formula is C26H25F3N4O2. The summed E-state index contributed by atoms with van der Waals surface area (Å²) >= 11 is 0. The van der Waals surface area contributed by atoms with Crippen molar-refractivity contribution in [3.63, 3.8) is 0 Å². The minimum absolute atomic E-state index is 0.00531. The molecule has 182 valence electrons. The number of hydrogen-bond acceptors (Lipinski definition) is 3. The molecule has 6 nitrogen and oxygen atoms in total. The number of aromatic nitrogens is 2. The van der Waals surface area contributed by atoms with Crippen molar-refractivity contribution in [2.24, 2.45) is 0 Å². The molecule has 0 atom stereocenters. The van der Waals surface area contributed by atoms with Crippen molar-refractivity contribution in [3.8, 4) is 5.69 Å². The van der Waals surface area contributed by atoms with Crippen molar-refractivity contribution < 1.29 is 22.8 Å². The maximum atomic E-state index is 13.4. The number of carbonyl (C=O) groups excluding carboxylic acids is 2. The fraction of sp³-hybridized carbons (Fsp3) is 0.346. The van der Waals surface area contributed by atoms with Crippen LogP contribution < -0.4 is 0 Å². The number of alkyl halides is 3. The lowest BCUT2D eigenvalue weighted by atomic mass is 10.1. The van der Waals surface area contributed by atoms with Crippen LogP contribution in [0.5, 0.6) is 0 Å². The van der Waals surface area contributed by atoms with Gasteiger partial charge in [0.05, 0.1) is 11.3 Å². The maximum Gasteiger partial charge on any atom is 0.416 e. The predicted molar refractivity (Wildman–Crippen MR) is 124 cm³/mol. The largest absolute Gasteiger partial charge is 0.416 e. The molecule has 0 N–H and O–H groups in total. The van der Waals surface area contributed by atoms with Crippen LogP contribution in [-0.4, -0.2) is 57.6 Å². The van der Waals surface area contributed by atoms with Crippen molar-refractivity contribution in [2.45, 2.75) is 32.4 Å². The predicted octanol–water partition coefficient (Wildman–Crippen LogP) is 4.29. The van der Waals surface area contributed by atoms with Crippen LogP contribution in [0.2, 0.25) is 0 Å². The van der Waals surface area contributed by atoms with E-state index in [1.807, 2.05) is 35.9 Å². The third kappa shape index (κ3) is 4.42. The van der Waals surface area contributed by atoms with Gasteiger partial charge in [-0.2, -0.15) is 18.3 Å². The monoisotopic (exact) mass is 482 g/mol. The molecule has 1 saturated heterocycles. The van der Waals surface area contributed by atoms with E-state index in [0.29, 0.717) is 18.8 Å². The van der Waals surface area contributed by atoms with Crippen LogP contribution in [-0.2, 0) is 19.0 Å². The smallest absolute Gasteiger partial charge is 0.335 e.